The van der Waals surface area contributed by atoms with Crippen LogP contribution in [0.1, 0.15) is 41.7 Å². The van der Waals surface area contributed by atoms with Crippen LogP contribution < -0.4 is 21.3 Å². The van der Waals surface area contributed by atoms with Crippen LogP contribution >= 0.6 is 11.6 Å². The number of hydrogen-bond donors (Lipinski definition) is 3. The molecule has 7 nitrogen and oxygen atoms in total. The highest BCUT2D eigenvalue weighted by molar-refractivity contribution is 6.31. The number of aromatic nitrogens is 1. The number of benzene rings is 2. The standard InChI is InChI=1S/C25H25ClF3N5O2/c1-31-24(36)34(18-6-2-4-14(11-18)23(30)35)19-7-3-5-17(13-19)32-21-12-15-10-16(26)8-9-20(15)33-22(21)25(27,28)29/h2,4,6,8-12,17,19,32H,3,5,7,13H2,1H3,(H2,30,35)(H,31,36)/t17-,19-/m0/s1. The largest absolute Gasteiger partial charge is 0.435 e. The monoisotopic (exact) mass is 519 g/mol. The molecule has 11 heteroatoms. The molecule has 1 aromatic heterocycles. The second kappa shape index (κ2) is 10.2. The molecule has 0 saturated heterocycles. The van der Waals surface area contributed by atoms with Crippen molar-refractivity contribution in [2.75, 3.05) is 17.3 Å². The fraction of sp³-hybridized carbons (Fsp3) is 0.320. The molecule has 1 saturated carbocycles. The molecule has 1 fully saturated rings. The number of alkyl halides is 3. The van der Waals surface area contributed by atoms with Crippen LogP contribution in [0.3, 0.4) is 0 Å². The Labute approximate surface area is 210 Å². The third-order valence-corrected chi connectivity index (χ3v) is 6.49. The zero-order valence-corrected chi connectivity index (χ0v) is 20.2. The van der Waals surface area contributed by atoms with Gasteiger partial charge in [0.15, 0.2) is 5.69 Å². The van der Waals surface area contributed by atoms with Crippen molar-refractivity contribution >= 4 is 45.8 Å². The van der Waals surface area contributed by atoms with E-state index in [1.165, 1.54) is 36.2 Å². The van der Waals surface area contributed by atoms with E-state index in [1.54, 1.807) is 24.3 Å². The molecule has 2 atom stereocenters. The van der Waals surface area contributed by atoms with Crippen molar-refractivity contribution in [1.29, 1.82) is 0 Å². The molecule has 0 unspecified atom stereocenters. The number of pyridine rings is 1. The van der Waals surface area contributed by atoms with Crippen LogP contribution in [0.25, 0.3) is 10.9 Å². The minimum Gasteiger partial charge on any atom is -0.380 e. The van der Waals surface area contributed by atoms with E-state index in [0.717, 1.165) is 0 Å². The van der Waals surface area contributed by atoms with Gasteiger partial charge in [0.2, 0.25) is 5.91 Å². The molecule has 4 rings (SSSR count). The van der Waals surface area contributed by atoms with Crippen LogP contribution in [0, 0.1) is 0 Å². The van der Waals surface area contributed by atoms with Gasteiger partial charge in [0.1, 0.15) is 0 Å². The van der Waals surface area contributed by atoms with Gasteiger partial charge < -0.3 is 16.4 Å². The zero-order chi connectivity index (χ0) is 26.0. The molecule has 3 amide bonds. The number of rotatable bonds is 5. The lowest BCUT2D eigenvalue weighted by molar-refractivity contribution is -0.140. The van der Waals surface area contributed by atoms with Crippen LogP contribution in [0.2, 0.25) is 5.02 Å². The minimum absolute atomic E-state index is 0.134. The van der Waals surface area contributed by atoms with Crippen LogP contribution in [-0.2, 0) is 6.18 Å². The highest BCUT2D eigenvalue weighted by atomic mass is 35.5. The number of carbonyl (C=O) groups is 2. The smallest absolute Gasteiger partial charge is 0.380 e. The van der Waals surface area contributed by atoms with Gasteiger partial charge in [-0.3, -0.25) is 9.69 Å². The summed E-state index contributed by atoms with van der Waals surface area (Å²) in [5, 5.41) is 6.52. The maximum Gasteiger partial charge on any atom is 0.435 e. The van der Waals surface area contributed by atoms with Crippen LogP contribution in [-0.4, -0.2) is 36.1 Å². The molecule has 1 aliphatic carbocycles. The molecule has 0 radical (unpaired) electrons. The second-order valence-electron chi connectivity index (χ2n) is 8.72. The molecule has 0 bridgehead atoms. The molecule has 3 aromatic rings. The maximum atomic E-state index is 13.9. The summed E-state index contributed by atoms with van der Waals surface area (Å²) >= 11 is 6.04. The highest BCUT2D eigenvalue weighted by Gasteiger charge is 2.37. The molecule has 190 valence electrons. The van der Waals surface area contributed by atoms with Crippen molar-refractivity contribution in [3.63, 3.8) is 0 Å². The molecule has 0 aliphatic heterocycles. The van der Waals surface area contributed by atoms with Crippen molar-refractivity contribution in [2.45, 2.75) is 43.9 Å². The van der Waals surface area contributed by atoms with Gasteiger partial charge in [0.05, 0.1) is 11.2 Å². The van der Waals surface area contributed by atoms with Gasteiger partial charge in [-0.25, -0.2) is 9.78 Å². The van der Waals surface area contributed by atoms with Crippen molar-refractivity contribution in [2.24, 2.45) is 5.73 Å². The van der Waals surface area contributed by atoms with Crippen molar-refractivity contribution < 1.29 is 22.8 Å². The Morgan fingerprint density at radius 2 is 1.92 bits per heavy atom. The van der Waals surface area contributed by atoms with Crippen LogP contribution in [0.15, 0.2) is 48.5 Å². The summed E-state index contributed by atoms with van der Waals surface area (Å²) in [6.45, 7) is 0. The van der Waals surface area contributed by atoms with Gasteiger partial charge >= 0.3 is 12.2 Å². The Morgan fingerprint density at radius 1 is 1.14 bits per heavy atom. The molecule has 0 spiro atoms. The fourth-order valence-corrected chi connectivity index (χ4v) is 4.83. The van der Waals surface area contributed by atoms with Gasteiger partial charge in [-0.2, -0.15) is 13.2 Å². The number of hydrogen-bond acceptors (Lipinski definition) is 4. The fourth-order valence-electron chi connectivity index (χ4n) is 4.65. The number of urea groups is 1. The predicted molar refractivity (Wildman–Crippen MR) is 133 cm³/mol. The van der Waals surface area contributed by atoms with Gasteiger partial charge in [0, 0.05) is 40.8 Å². The van der Waals surface area contributed by atoms with Crippen molar-refractivity contribution in [3.8, 4) is 0 Å². The Morgan fingerprint density at radius 3 is 2.61 bits per heavy atom. The molecular formula is C25H25ClF3N5O2. The summed E-state index contributed by atoms with van der Waals surface area (Å²) in [6.07, 6.45) is -2.33. The zero-order valence-electron chi connectivity index (χ0n) is 19.4. The first-order chi connectivity index (χ1) is 17.1. The first-order valence-electron chi connectivity index (χ1n) is 11.4. The SMILES string of the molecule is CNC(=O)N(c1cccc(C(N)=O)c1)[C@H]1CCC[C@H](Nc2cc3cc(Cl)ccc3nc2C(F)(F)F)C1. The van der Waals surface area contributed by atoms with E-state index in [0.29, 0.717) is 41.8 Å². The second-order valence-corrected chi connectivity index (χ2v) is 9.16. The number of nitrogens with zero attached hydrogens (tertiary/aromatic N) is 2. The predicted octanol–water partition coefficient (Wildman–Crippen LogP) is 5.58. The third-order valence-electron chi connectivity index (χ3n) is 6.26. The number of amides is 3. The highest BCUT2D eigenvalue weighted by Crippen LogP contribution is 2.38. The van der Waals surface area contributed by atoms with Gasteiger partial charge in [-0.05, 0) is 68.1 Å². The van der Waals surface area contributed by atoms with Crippen LogP contribution in [0.4, 0.5) is 29.3 Å². The van der Waals surface area contributed by atoms with Gasteiger partial charge in [0.25, 0.3) is 0 Å². The van der Waals surface area contributed by atoms with E-state index in [9.17, 15) is 22.8 Å². The number of primary amides is 1. The van der Waals surface area contributed by atoms with Crippen molar-refractivity contribution in [1.82, 2.24) is 10.3 Å². The average molecular weight is 520 g/mol. The lowest BCUT2D eigenvalue weighted by Gasteiger charge is -2.38. The number of anilines is 2. The molecule has 36 heavy (non-hydrogen) atoms. The lowest BCUT2D eigenvalue weighted by atomic mass is 9.89. The summed E-state index contributed by atoms with van der Waals surface area (Å²) in [5.74, 6) is -0.625. The van der Waals surface area contributed by atoms with Crippen LogP contribution in [0.5, 0.6) is 0 Å². The molecule has 4 N–H and O–H groups in total. The van der Waals surface area contributed by atoms with E-state index in [4.69, 9.17) is 17.3 Å². The number of carbonyl (C=O) groups excluding carboxylic acids is 2. The van der Waals surface area contributed by atoms with E-state index in [-0.39, 0.29) is 34.9 Å². The maximum absolute atomic E-state index is 13.9. The Bertz CT molecular complexity index is 1300. The summed E-state index contributed by atoms with van der Waals surface area (Å²) in [7, 11) is 1.49. The van der Waals surface area contributed by atoms with E-state index in [1.807, 2.05) is 0 Å². The molecule has 2 aromatic carbocycles. The first kappa shape index (κ1) is 25.6. The van der Waals surface area contributed by atoms with Gasteiger partial charge in [-0.15, -0.1) is 0 Å². The Balaban J connectivity index is 1.65. The van der Waals surface area contributed by atoms with E-state index >= 15 is 0 Å². The van der Waals surface area contributed by atoms with Crippen molar-refractivity contribution in [3.05, 3.63) is 64.8 Å². The average Bonchev–Trinajstić information content (AvgIpc) is 2.83. The topological polar surface area (TPSA) is 100 Å². The number of nitrogens with one attached hydrogen (secondary N) is 2. The number of fused-ring (bicyclic) bond motifs is 1. The summed E-state index contributed by atoms with van der Waals surface area (Å²) in [4.78, 5) is 29.9. The Hall–Kier alpha value is -3.53. The molecule has 1 aliphatic rings. The van der Waals surface area contributed by atoms with Gasteiger partial charge in [-0.1, -0.05) is 17.7 Å². The summed E-state index contributed by atoms with van der Waals surface area (Å²) < 4.78 is 41.6. The number of halogens is 4. The first-order valence-corrected chi connectivity index (χ1v) is 11.8. The van der Waals surface area contributed by atoms with E-state index in [2.05, 4.69) is 15.6 Å². The third kappa shape index (κ3) is 5.48. The quantitative estimate of drug-likeness (QED) is 0.410. The Kier molecular flexibility index (Phi) is 7.26. The molecular weight excluding hydrogens is 495 g/mol. The summed E-state index contributed by atoms with van der Waals surface area (Å²) in [5.41, 5.74) is 5.19. The normalized spacial score (nSPS) is 18.0. The summed E-state index contributed by atoms with van der Waals surface area (Å²) in [6, 6.07) is 11.3. The van der Waals surface area contributed by atoms with E-state index < -0.39 is 17.8 Å². The minimum atomic E-state index is -4.66. The number of nitrogens with two attached hydrogens (primary N) is 1. The molecule has 1 heterocycles. The lowest BCUT2D eigenvalue weighted by Crippen LogP contribution is -2.49.